The van der Waals surface area contributed by atoms with Crippen molar-refractivity contribution in [1.29, 1.82) is 0 Å². The van der Waals surface area contributed by atoms with E-state index in [0.29, 0.717) is 18.3 Å². The minimum absolute atomic E-state index is 0.138. The molecule has 1 saturated heterocycles. The topological polar surface area (TPSA) is 75.6 Å². The van der Waals surface area contributed by atoms with Crippen molar-refractivity contribution in [3.05, 3.63) is 28.2 Å². The van der Waals surface area contributed by atoms with Gasteiger partial charge in [-0.15, -0.1) is 0 Å². The lowest BCUT2D eigenvalue weighted by Gasteiger charge is -2.19. The molecular weight excluding hydrogens is 358 g/mol. The lowest BCUT2D eigenvalue weighted by atomic mass is 10.2. The van der Waals surface area contributed by atoms with Gasteiger partial charge in [0.1, 0.15) is 18.0 Å². The highest BCUT2D eigenvalue weighted by Crippen LogP contribution is 2.27. The Labute approximate surface area is 133 Å². The first-order valence-corrected chi connectivity index (χ1v) is 9.45. The summed E-state index contributed by atoms with van der Waals surface area (Å²) < 4.78 is 29.7. The molecule has 0 aliphatic carbocycles. The number of hydrogen-bond acceptors (Lipinski definition) is 5. The Morgan fingerprint density at radius 2 is 2.14 bits per heavy atom. The number of hydrogen-bond donors (Lipinski definition) is 2. The van der Waals surface area contributed by atoms with Gasteiger partial charge >= 0.3 is 0 Å². The van der Waals surface area contributed by atoms with Gasteiger partial charge in [0.25, 0.3) is 0 Å². The minimum atomic E-state index is -3.21. The first kappa shape index (κ1) is 16.7. The van der Waals surface area contributed by atoms with Crippen LogP contribution in [-0.2, 0) is 16.4 Å². The molecule has 5 nitrogen and oxygen atoms in total. The second-order valence-electron chi connectivity index (χ2n) is 5.59. The van der Waals surface area contributed by atoms with Gasteiger partial charge in [-0.25, -0.2) is 8.42 Å². The Balaban J connectivity index is 2.16. The Bertz CT molecular complexity index is 603. The lowest BCUT2D eigenvalue weighted by molar-refractivity contribution is 0.0730. The summed E-state index contributed by atoms with van der Waals surface area (Å²) in [7, 11) is -3.21. The zero-order chi connectivity index (χ0) is 15.6. The van der Waals surface area contributed by atoms with Crippen molar-refractivity contribution in [2.24, 2.45) is 0 Å². The smallest absolute Gasteiger partial charge is 0.156 e. The molecule has 0 amide bonds. The molecule has 0 aromatic heterocycles. The SMILES string of the molecule is CC(C)NCc1cc(Br)ccc1OC1CS(=O)(=O)CC1O. The summed E-state index contributed by atoms with van der Waals surface area (Å²) in [5, 5.41) is 13.1. The summed E-state index contributed by atoms with van der Waals surface area (Å²) in [6.45, 7) is 4.71. The van der Waals surface area contributed by atoms with Crippen molar-refractivity contribution in [2.45, 2.75) is 38.6 Å². The number of aliphatic hydroxyl groups is 1. The van der Waals surface area contributed by atoms with Crippen LogP contribution in [0.2, 0.25) is 0 Å². The molecule has 2 N–H and O–H groups in total. The van der Waals surface area contributed by atoms with Crippen LogP contribution in [0.1, 0.15) is 19.4 Å². The molecule has 21 heavy (non-hydrogen) atoms. The van der Waals surface area contributed by atoms with Crippen LogP contribution in [-0.4, -0.2) is 43.3 Å². The fourth-order valence-electron chi connectivity index (χ4n) is 2.19. The first-order valence-electron chi connectivity index (χ1n) is 6.84. The number of halogens is 1. The third-order valence-corrected chi connectivity index (χ3v) is 5.45. The Kier molecular flexibility index (Phi) is 5.29. The molecule has 0 saturated carbocycles. The van der Waals surface area contributed by atoms with Crippen molar-refractivity contribution >= 4 is 25.8 Å². The van der Waals surface area contributed by atoms with Crippen molar-refractivity contribution in [3.8, 4) is 5.75 Å². The predicted octanol–water partition coefficient (Wildman–Crippen LogP) is 1.48. The first-order chi connectivity index (χ1) is 9.77. The van der Waals surface area contributed by atoms with E-state index in [9.17, 15) is 13.5 Å². The molecule has 2 unspecified atom stereocenters. The van der Waals surface area contributed by atoms with Crippen LogP contribution in [0, 0.1) is 0 Å². The van der Waals surface area contributed by atoms with E-state index >= 15 is 0 Å². The van der Waals surface area contributed by atoms with E-state index in [1.165, 1.54) is 0 Å². The van der Waals surface area contributed by atoms with E-state index in [4.69, 9.17) is 4.74 Å². The van der Waals surface area contributed by atoms with Gasteiger partial charge in [-0.3, -0.25) is 0 Å². The molecule has 118 valence electrons. The summed E-state index contributed by atoms with van der Waals surface area (Å²) in [6, 6.07) is 5.89. The normalized spacial score (nSPS) is 24.4. The van der Waals surface area contributed by atoms with E-state index in [0.717, 1.165) is 10.0 Å². The molecule has 2 atom stereocenters. The molecule has 1 aliphatic heterocycles. The van der Waals surface area contributed by atoms with Crippen LogP contribution in [0.15, 0.2) is 22.7 Å². The second-order valence-corrected chi connectivity index (χ2v) is 8.66. The average Bonchev–Trinajstić information content (AvgIpc) is 2.62. The van der Waals surface area contributed by atoms with Crippen molar-refractivity contribution in [2.75, 3.05) is 11.5 Å². The third-order valence-electron chi connectivity index (χ3n) is 3.27. The number of rotatable bonds is 5. The van der Waals surface area contributed by atoms with Gasteiger partial charge in [0, 0.05) is 22.6 Å². The van der Waals surface area contributed by atoms with Crippen LogP contribution in [0.3, 0.4) is 0 Å². The molecule has 2 rings (SSSR count). The Hall–Kier alpha value is -0.630. The van der Waals surface area contributed by atoms with Crippen LogP contribution in [0.4, 0.5) is 0 Å². The summed E-state index contributed by atoms with van der Waals surface area (Å²) in [5.41, 5.74) is 0.926. The number of sulfone groups is 1. The number of nitrogens with one attached hydrogen (secondary N) is 1. The largest absolute Gasteiger partial charge is 0.486 e. The zero-order valence-electron chi connectivity index (χ0n) is 12.0. The molecule has 0 radical (unpaired) electrons. The quantitative estimate of drug-likeness (QED) is 0.812. The van der Waals surface area contributed by atoms with Gasteiger partial charge in [-0.1, -0.05) is 29.8 Å². The van der Waals surface area contributed by atoms with Crippen LogP contribution in [0.25, 0.3) is 0 Å². The van der Waals surface area contributed by atoms with Crippen LogP contribution < -0.4 is 10.1 Å². The summed E-state index contributed by atoms with van der Waals surface area (Å²) >= 11 is 3.42. The fourth-order valence-corrected chi connectivity index (χ4v) is 4.26. The summed E-state index contributed by atoms with van der Waals surface area (Å²) in [5.74, 6) is 0.238. The molecule has 1 aromatic rings. The maximum Gasteiger partial charge on any atom is 0.156 e. The van der Waals surface area contributed by atoms with Crippen LogP contribution in [0.5, 0.6) is 5.75 Å². The van der Waals surface area contributed by atoms with E-state index in [2.05, 4.69) is 21.2 Å². The highest BCUT2D eigenvalue weighted by molar-refractivity contribution is 9.10. The summed E-state index contributed by atoms with van der Waals surface area (Å²) in [6.07, 6.45) is -1.67. The zero-order valence-corrected chi connectivity index (χ0v) is 14.4. The molecule has 1 aliphatic rings. The van der Waals surface area contributed by atoms with Gasteiger partial charge in [0.05, 0.1) is 11.5 Å². The molecular formula is C14H20BrNO4S. The number of aliphatic hydroxyl groups excluding tert-OH is 1. The monoisotopic (exact) mass is 377 g/mol. The average molecular weight is 378 g/mol. The highest BCUT2D eigenvalue weighted by atomic mass is 79.9. The molecule has 1 heterocycles. The maximum absolute atomic E-state index is 11.5. The standard InChI is InChI=1S/C14H20BrNO4S/c1-9(2)16-6-10-5-11(15)3-4-13(10)20-14-8-21(18,19)7-12(14)17/h3-5,9,12,14,16-17H,6-8H2,1-2H3. The highest BCUT2D eigenvalue weighted by Gasteiger charge is 2.38. The number of ether oxygens (including phenoxy) is 1. The third kappa shape index (κ3) is 4.67. The molecule has 1 aromatic carbocycles. The number of benzene rings is 1. The van der Waals surface area contributed by atoms with Crippen molar-refractivity contribution in [1.82, 2.24) is 5.32 Å². The van der Waals surface area contributed by atoms with Gasteiger partial charge in [-0.05, 0) is 18.2 Å². The molecule has 0 spiro atoms. The van der Waals surface area contributed by atoms with Gasteiger partial charge in [0.2, 0.25) is 0 Å². The molecule has 1 fully saturated rings. The lowest BCUT2D eigenvalue weighted by Crippen LogP contribution is -2.30. The van der Waals surface area contributed by atoms with E-state index in [-0.39, 0.29) is 11.5 Å². The fraction of sp³-hybridized carbons (Fsp3) is 0.571. The molecule has 7 heteroatoms. The summed E-state index contributed by atoms with van der Waals surface area (Å²) in [4.78, 5) is 0. The van der Waals surface area contributed by atoms with Gasteiger partial charge < -0.3 is 15.2 Å². The van der Waals surface area contributed by atoms with Crippen molar-refractivity contribution < 1.29 is 18.3 Å². The molecule has 0 bridgehead atoms. The van der Waals surface area contributed by atoms with Crippen LogP contribution >= 0.6 is 15.9 Å². The van der Waals surface area contributed by atoms with E-state index < -0.39 is 22.0 Å². The van der Waals surface area contributed by atoms with Gasteiger partial charge in [-0.2, -0.15) is 0 Å². The predicted molar refractivity (Wildman–Crippen MR) is 85.2 cm³/mol. The minimum Gasteiger partial charge on any atom is -0.486 e. The second kappa shape index (κ2) is 6.64. The van der Waals surface area contributed by atoms with E-state index in [1.807, 2.05) is 26.0 Å². The van der Waals surface area contributed by atoms with E-state index in [1.54, 1.807) is 6.07 Å². The Morgan fingerprint density at radius 1 is 1.43 bits per heavy atom. The van der Waals surface area contributed by atoms with Gasteiger partial charge in [0.15, 0.2) is 9.84 Å². The maximum atomic E-state index is 11.5. The van der Waals surface area contributed by atoms with Crippen molar-refractivity contribution in [3.63, 3.8) is 0 Å². The Morgan fingerprint density at radius 3 is 2.71 bits per heavy atom.